The summed E-state index contributed by atoms with van der Waals surface area (Å²) in [6.07, 6.45) is -0.672. The van der Waals surface area contributed by atoms with E-state index >= 15 is 0 Å². The average molecular weight is 228 g/mol. The molecule has 0 saturated carbocycles. The number of aliphatic hydroxyl groups is 3. The van der Waals surface area contributed by atoms with Crippen molar-refractivity contribution in [2.75, 3.05) is 20.3 Å². The lowest BCUT2D eigenvalue weighted by atomic mass is 10.2. The summed E-state index contributed by atoms with van der Waals surface area (Å²) in [4.78, 5) is 0. The first-order valence-electron chi connectivity index (χ1n) is 4.91. The van der Waals surface area contributed by atoms with Crippen molar-refractivity contribution in [2.24, 2.45) is 0 Å². The van der Waals surface area contributed by atoms with Crippen molar-refractivity contribution < 1.29 is 24.8 Å². The second-order valence-corrected chi connectivity index (χ2v) is 3.25. The van der Waals surface area contributed by atoms with E-state index in [9.17, 15) is 0 Å². The van der Waals surface area contributed by atoms with E-state index < -0.39 is 6.10 Å². The van der Waals surface area contributed by atoms with Gasteiger partial charge in [0.1, 0.15) is 6.10 Å². The Morgan fingerprint density at radius 1 is 1.12 bits per heavy atom. The molecule has 90 valence electrons. The van der Waals surface area contributed by atoms with Gasteiger partial charge in [-0.25, -0.2) is 0 Å². The molecule has 0 saturated heterocycles. The molecule has 0 bridgehead atoms. The average Bonchev–Trinajstić information content (AvgIpc) is 2.35. The molecule has 5 heteroatoms. The highest BCUT2D eigenvalue weighted by atomic mass is 16.5. The Kier molecular flexibility index (Phi) is 5.04. The molecular weight excluding hydrogens is 212 g/mol. The minimum Gasteiger partial charge on any atom is -0.493 e. The van der Waals surface area contributed by atoms with Crippen LogP contribution in [0, 0.1) is 0 Å². The second-order valence-electron chi connectivity index (χ2n) is 3.25. The summed E-state index contributed by atoms with van der Waals surface area (Å²) >= 11 is 0. The molecule has 0 amide bonds. The van der Waals surface area contributed by atoms with Crippen LogP contribution in [0.1, 0.15) is 5.56 Å². The number of ether oxygens (including phenoxy) is 2. The predicted molar refractivity (Wildman–Crippen MR) is 57.5 cm³/mol. The van der Waals surface area contributed by atoms with Gasteiger partial charge in [-0.2, -0.15) is 0 Å². The van der Waals surface area contributed by atoms with Crippen LogP contribution in [0.5, 0.6) is 11.5 Å². The zero-order valence-electron chi connectivity index (χ0n) is 9.09. The first kappa shape index (κ1) is 12.8. The number of aliphatic hydroxyl groups excluding tert-OH is 3. The Labute approximate surface area is 93.9 Å². The minimum atomic E-state index is -0.672. The van der Waals surface area contributed by atoms with Crippen molar-refractivity contribution in [1.82, 2.24) is 0 Å². The Morgan fingerprint density at radius 3 is 2.31 bits per heavy atom. The molecule has 0 radical (unpaired) electrons. The number of benzene rings is 1. The standard InChI is InChI=1S/C11H16O5/c1-15-11-4-8(5-12)2-3-10(11)16-9(6-13)7-14/h2-4,9,12-14H,5-7H2,1H3. The van der Waals surface area contributed by atoms with Crippen LogP contribution in [0.2, 0.25) is 0 Å². The van der Waals surface area contributed by atoms with E-state index in [4.69, 9.17) is 24.8 Å². The van der Waals surface area contributed by atoms with Crippen molar-refractivity contribution in [1.29, 1.82) is 0 Å². The maximum absolute atomic E-state index is 8.95. The fourth-order valence-electron chi connectivity index (χ4n) is 1.22. The van der Waals surface area contributed by atoms with E-state index in [-0.39, 0.29) is 19.8 Å². The molecule has 0 aromatic heterocycles. The monoisotopic (exact) mass is 228 g/mol. The minimum absolute atomic E-state index is 0.0833. The van der Waals surface area contributed by atoms with E-state index in [1.165, 1.54) is 7.11 Å². The largest absolute Gasteiger partial charge is 0.493 e. The first-order chi connectivity index (χ1) is 7.74. The molecule has 0 aliphatic heterocycles. The van der Waals surface area contributed by atoms with E-state index in [2.05, 4.69) is 0 Å². The summed E-state index contributed by atoms with van der Waals surface area (Å²) in [5, 5.41) is 26.7. The summed E-state index contributed by atoms with van der Waals surface area (Å²) in [6, 6.07) is 4.95. The number of hydrogen-bond donors (Lipinski definition) is 3. The highest BCUT2D eigenvalue weighted by Crippen LogP contribution is 2.28. The fourth-order valence-corrected chi connectivity index (χ4v) is 1.22. The van der Waals surface area contributed by atoms with Gasteiger partial charge in [-0.15, -0.1) is 0 Å². The molecule has 0 aliphatic carbocycles. The second kappa shape index (κ2) is 6.32. The summed E-state index contributed by atoms with van der Waals surface area (Å²) in [5.74, 6) is 0.881. The lowest BCUT2D eigenvalue weighted by Crippen LogP contribution is -2.25. The van der Waals surface area contributed by atoms with Crippen molar-refractivity contribution >= 4 is 0 Å². The molecule has 1 aromatic rings. The van der Waals surface area contributed by atoms with Crippen molar-refractivity contribution in [3.8, 4) is 11.5 Å². The number of methoxy groups -OCH3 is 1. The van der Waals surface area contributed by atoms with Crippen molar-refractivity contribution in [3.05, 3.63) is 23.8 Å². The molecule has 0 unspecified atom stereocenters. The molecule has 5 nitrogen and oxygen atoms in total. The highest BCUT2D eigenvalue weighted by Gasteiger charge is 2.11. The Bertz CT molecular complexity index is 322. The molecular formula is C11H16O5. The lowest BCUT2D eigenvalue weighted by Gasteiger charge is -2.17. The third kappa shape index (κ3) is 3.10. The zero-order valence-corrected chi connectivity index (χ0v) is 9.09. The van der Waals surface area contributed by atoms with E-state index in [1.807, 2.05) is 0 Å². The van der Waals surface area contributed by atoms with Crippen LogP contribution in [0.15, 0.2) is 18.2 Å². The van der Waals surface area contributed by atoms with Gasteiger partial charge in [-0.1, -0.05) is 6.07 Å². The van der Waals surface area contributed by atoms with E-state index in [0.717, 1.165) is 0 Å². The fraction of sp³-hybridized carbons (Fsp3) is 0.455. The summed E-state index contributed by atoms with van der Waals surface area (Å²) < 4.78 is 10.4. The SMILES string of the molecule is COc1cc(CO)ccc1OC(CO)CO. The van der Waals surface area contributed by atoms with Crippen LogP contribution in [0.4, 0.5) is 0 Å². The maximum atomic E-state index is 8.95. The molecule has 3 N–H and O–H groups in total. The quantitative estimate of drug-likeness (QED) is 0.634. The van der Waals surface area contributed by atoms with Gasteiger partial charge in [-0.05, 0) is 17.7 Å². The summed E-state index contributed by atoms with van der Waals surface area (Å²) in [5.41, 5.74) is 0.703. The smallest absolute Gasteiger partial charge is 0.161 e. The van der Waals surface area contributed by atoms with Crippen LogP contribution in [-0.4, -0.2) is 41.7 Å². The third-order valence-electron chi connectivity index (χ3n) is 2.11. The Balaban J connectivity index is 2.86. The van der Waals surface area contributed by atoms with Gasteiger partial charge in [0.15, 0.2) is 11.5 Å². The molecule has 0 aliphatic rings. The summed E-state index contributed by atoms with van der Waals surface area (Å²) in [7, 11) is 1.48. The van der Waals surface area contributed by atoms with Gasteiger partial charge in [0.05, 0.1) is 26.9 Å². The lowest BCUT2D eigenvalue weighted by molar-refractivity contribution is 0.0609. The maximum Gasteiger partial charge on any atom is 0.161 e. The molecule has 16 heavy (non-hydrogen) atoms. The van der Waals surface area contributed by atoms with Gasteiger partial charge >= 0.3 is 0 Å². The van der Waals surface area contributed by atoms with Gasteiger partial charge in [-0.3, -0.25) is 0 Å². The topological polar surface area (TPSA) is 79.2 Å². The highest BCUT2D eigenvalue weighted by molar-refractivity contribution is 5.42. The number of hydrogen-bond acceptors (Lipinski definition) is 5. The third-order valence-corrected chi connectivity index (χ3v) is 2.11. The Hall–Kier alpha value is -1.30. The molecule has 0 heterocycles. The summed E-state index contributed by atoms with van der Waals surface area (Å²) in [6.45, 7) is -0.636. The van der Waals surface area contributed by atoms with Crippen LogP contribution in [0.25, 0.3) is 0 Å². The predicted octanol–water partition coefficient (Wildman–Crippen LogP) is -0.0805. The van der Waals surface area contributed by atoms with Gasteiger partial charge in [0, 0.05) is 0 Å². The van der Waals surface area contributed by atoms with Crippen LogP contribution in [-0.2, 0) is 6.61 Å². The van der Waals surface area contributed by atoms with E-state index in [1.54, 1.807) is 18.2 Å². The molecule has 0 spiro atoms. The molecule has 0 atom stereocenters. The molecule has 0 fully saturated rings. The molecule has 1 rings (SSSR count). The zero-order chi connectivity index (χ0) is 12.0. The van der Waals surface area contributed by atoms with Gasteiger partial charge < -0.3 is 24.8 Å². The van der Waals surface area contributed by atoms with Crippen molar-refractivity contribution in [2.45, 2.75) is 12.7 Å². The Morgan fingerprint density at radius 2 is 1.81 bits per heavy atom. The van der Waals surface area contributed by atoms with E-state index in [0.29, 0.717) is 17.1 Å². The first-order valence-corrected chi connectivity index (χ1v) is 4.91. The van der Waals surface area contributed by atoms with Gasteiger partial charge in [0.25, 0.3) is 0 Å². The van der Waals surface area contributed by atoms with Crippen LogP contribution >= 0.6 is 0 Å². The molecule has 1 aromatic carbocycles. The normalized spacial score (nSPS) is 10.6. The van der Waals surface area contributed by atoms with Gasteiger partial charge in [0.2, 0.25) is 0 Å². The van der Waals surface area contributed by atoms with Crippen LogP contribution in [0.3, 0.4) is 0 Å². The van der Waals surface area contributed by atoms with Crippen molar-refractivity contribution in [3.63, 3.8) is 0 Å². The number of rotatable bonds is 6. The van der Waals surface area contributed by atoms with Crippen LogP contribution < -0.4 is 9.47 Å².